The Morgan fingerprint density at radius 1 is 1.22 bits per heavy atom. The fraction of sp³-hybridized carbons (Fsp3) is 0.519. The quantitative estimate of drug-likeness (QED) is 0.498. The number of likely N-dealkylation sites (tertiary alicyclic amines) is 1. The van der Waals surface area contributed by atoms with Crippen LogP contribution in [0.15, 0.2) is 36.5 Å². The third-order valence-electron chi connectivity index (χ3n) is 6.80. The van der Waals surface area contributed by atoms with Crippen molar-refractivity contribution in [1.82, 2.24) is 15.2 Å². The molecule has 1 saturated heterocycles. The third-order valence-corrected chi connectivity index (χ3v) is 6.80. The number of aliphatic hydroxyl groups is 1. The molecule has 10 heteroatoms. The molecular formula is C27H33F2N3O5. The summed E-state index contributed by atoms with van der Waals surface area (Å²) in [5.74, 6) is -0.0843. The highest BCUT2D eigenvalue weighted by Crippen LogP contribution is 2.39. The molecule has 2 unspecified atom stereocenters. The lowest BCUT2D eigenvalue weighted by Crippen LogP contribution is -2.45. The van der Waals surface area contributed by atoms with Gasteiger partial charge in [0.25, 0.3) is 0 Å². The molecule has 200 valence electrons. The number of carbonyl (C=O) groups is 2. The lowest BCUT2D eigenvalue weighted by molar-refractivity contribution is -0.136. The zero-order valence-electron chi connectivity index (χ0n) is 21.2. The van der Waals surface area contributed by atoms with Crippen LogP contribution in [0, 0.1) is 5.92 Å². The second-order valence-corrected chi connectivity index (χ2v) is 10.3. The number of carbonyl (C=O) groups excluding carboxylic acids is 2. The van der Waals surface area contributed by atoms with Crippen LogP contribution in [-0.4, -0.2) is 52.6 Å². The van der Waals surface area contributed by atoms with Gasteiger partial charge in [0.1, 0.15) is 6.04 Å². The Kier molecular flexibility index (Phi) is 7.96. The highest BCUT2D eigenvalue weighted by atomic mass is 19.3. The molecule has 1 aliphatic heterocycles. The molecule has 2 aliphatic rings. The first-order chi connectivity index (χ1) is 17.5. The molecule has 2 heterocycles. The highest BCUT2D eigenvalue weighted by Gasteiger charge is 2.39. The van der Waals surface area contributed by atoms with Crippen molar-refractivity contribution in [3.05, 3.63) is 53.3 Å². The monoisotopic (exact) mass is 517 g/mol. The van der Waals surface area contributed by atoms with Gasteiger partial charge in [0.05, 0.1) is 24.4 Å². The third kappa shape index (κ3) is 6.94. The van der Waals surface area contributed by atoms with E-state index in [2.05, 4.69) is 15.0 Å². The van der Waals surface area contributed by atoms with Crippen LogP contribution < -0.4 is 14.8 Å². The minimum Gasteiger partial charge on any atom is -0.489 e. The molecule has 2 aromatic rings. The number of hydrogen-bond donors (Lipinski definition) is 2. The van der Waals surface area contributed by atoms with Crippen LogP contribution in [0.25, 0.3) is 0 Å². The largest absolute Gasteiger partial charge is 0.489 e. The zero-order chi connectivity index (χ0) is 26.7. The SMILES string of the molecule is CC(=O)N1CC(c2ccc(OC(F)F)c(OCC3CC3)c2)CC1C(=O)NCc1cc(C(C)(C)O)ccn1. The lowest BCUT2D eigenvalue weighted by Gasteiger charge is -2.22. The molecule has 2 atom stereocenters. The van der Waals surface area contributed by atoms with Crippen molar-refractivity contribution >= 4 is 11.8 Å². The number of aromatic nitrogens is 1. The number of nitrogens with one attached hydrogen (secondary N) is 1. The first-order valence-corrected chi connectivity index (χ1v) is 12.5. The van der Waals surface area contributed by atoms with Crippen molar-refractivity contribution in [1.29, 1.82) is 0 Å². The molecule has 2 fully saturated rings. The van der Waals surface area contributed by atoms with Crippen molar-refractivity contribution in [2.24, 2.45) is 5.92 Å². The average molecular weight is 518 g/mol. The summed E-state index contributed by atoms with van der Waals surface area (Å²) in [4.78, 5) is 31.3. The Morgan fingerprint density at radius 3 is 2.62 bits per heavy atom. The van der Waals surface area contributed by atoms with E-state index in [0.29, 0.717) is 36.7 Å². The van der Waals surface area contributed by atoms with Gasteiger partial charge in [0.2, 0.25) is 11.8 Å². The van der Waals surface area contributed by atoms with Gasteiger partial charge >= 0.3 is 6.61 Å². The molecule has 4 rings (SSSR count). The number of rotatable bonds is 10. The van der Waals surface area contributed by atoms with Crippen molar-refractivity contribution in [3.8, 4) is 11.5 Å². The molecule has 1 aromatic heterocycles. The lowest BCUT2D eigenvalue weighted by atomic mass is 9.95. The second kappa shape index (κ2) is 11.0. The van der Waals surface area contributed by atoms with Crippen molar-refractivity contribution in [2.45, 2.75) is 70.8 Å². The van der Waals surface area contributed by atoms with Gasteiger partial charge in [0.15, 0.2) is 11.5 Å². The molecule has 0 spiro atoms. The van der Waals surface area contributed by atoms with E-state index in [1.54, 1.807) is 44.3 Å². The molecule has 8 nitrogen and oxygen atoms in total. The Bertz CT molecular complexity index is 1130. The van der Waals surface area contributed by atoms with Crippen LogP contribution in [0.3, 0.4) is 0 Å². The molecule has 1 aromatic carbocycles. The van der Waals surface area contributed by atoms with Crippen molar-refractivity contribution in [2.75, 3.05) is 13.2 Å². The molecule has 1 aliphatic carbocycles. The maximum atomic E-state index is 13.1. The average Bonchev–Trinajstić information content (AvgIpc) is 3.56. The van der Waals surface area contributed by atoms with E-state index in [0.717, 1.165) is 18.4 Å². The zero-order valence-corrected chi connectivity index (χ0v) is 21.2. The van der Waals surface area contributed by atoms with Crippen LogP contribution >= 0.6 is 0 Å². The van der Waals surface area contributed by atoms with Crippen LogP contribution in [0.1, 0.15) is 62.8 Å². The standard InChI is InChI=1S/C27H33F2N3O5/c1-16(33)32-14-19(18-6-7-23(37-26(28)29)24(11-18)36-15-17-4-5-17)10-22(32)25(34)31-13-21-12-20(8-9-30-21)27(2,3)35/h6-9,11-12,17,19,22,26,35H,4-5,10,13-15H2,1-3H3,(H,31,34). The van der Waals surface area contributed by atoms with Gasteiger partial charge in [-0.1, -0.05) is 6.07 Å². The van der Waals surface area contributed by atoms with Gasteiger partial charge in [-0.3, -0.25) is 14.6 Å². The summed E-state index contributed by atoms with van der Waals surface area (Å²) in [6.07, 6.45) is 4.05. The summed E-state index contributed by atoms with van der Waals surface area (Å²) < 4.78 is 36.2. The predicted molar refractivity (Wildman–Crippen MR) is 131 cm³/mol. The Morgan fingerprint density at radius 2 is 1.97 bits per heavy atom. The normalized spacial score (nSPS) is 19.7. The molecule has 0 bridgehead atoms. The molecule has 37 heavy (non-hydrogen) atoms. The fourth-order valence-electron chi connectivity index (χ4n) is 4.50. The number of benzene rings is 1. The molecule has 2 N–H and O–H groups in total. The number of amides is 2. The van der Waals surface area contributed by atoms with E-state index in [9.17, 15) is 23.5 Å². The predicted octanol–water partition coefficient (Wildman–Crippen LogP) is 3.72. The topological polar surface area (TPSA) is 101 Å². The van der Waals surface area contributed by atoms with Crippen LogP contribution in [0.2, 0.25) is 0 Å². The summed E-state index contributed by atoms with van der Waals surface area (Å²) in [7, 11) is 0. The Hall–Kier alpha value is -3.27. The number of alkyl halides is 2. The van der Waals surface area contributed by atoms with Crippen molar-refractivity contribution < 1.29 is 33.0 Å². The Balaban J connectivity index is 1.46. The van der Waals surface area contributed by atoms with E-state index >= 15 is 0 Å². The van der Waals surface area contributed by atoms with E-state index in [-0.39, 0.29) is 35.8 Å². The van der Waals surface area contributed by atoms with E-state index < -0.39 is 18.3 Å². The van der Waals surface area contributed by atoms with Crippen LogP contribution in [0.5, 0.6) is 11.5 Å². The number of hydrogen-bond acceptors (Lipinski definition) is 6. The van der Waals surface area contributed by atoms with E-state index in [1.165, 1.54) is 17.9 Å². The Labute approximate surface area is 215 Å². The van der Waals surface area contributed by atoms with Gasteiger partial charge in [-0.05, 0) is 74.4 Å². The minimum atomic E-state index is -2.97. The molecule has 1 saturated carbocycles. The number of ether oxygens (including phenoxy) is 2. The maximum Gasteiger partial charge on any atom is 0.387 e. The molecular weight excluding hydrogens is 484 g/mol. The van der Waals surface area contributed by atoms with Crippen molar-refractivity contribution in [3.63, 3.8) is 0 Å². The summed E-state index contributed by atoms with van der Waals surface area (Å²) >= 11 is 0. The fourth-order valence-corrected chi connectivity index (χ4v) is 4.50. The van der Waals surface area contributed by atoms with Crippen LogP contribution in [0.4, 0.5) is 8.78 Å². The van der Waals surface area contributed by atoms with Gasteiger partial charge in [0, 0.05) is 25.6 Å². The highest BCUT2D eigenvalue weighted by molar-refractivity contribution is 5.87. The van der Waals surface area contributed by atoms with E-state index in [4.69, 9.17) is 4.74 Å². The van der Waals surface area contributed by atoms with Gasteiger partial charge < -0.3 is 24.8 Å². The molecule has 2 amide bonds. The number of pyridine rings is 1. The summed E-state index contributed by atoms with van der Waals surface area (Å²) in [5.41, 5.74) is 1.01. The summed E-state index contributed by atoms with van der Waals surface area (Å²) in [6.45, 7) is 2.68. The van der Waals surface area contributed by atoms with E-state index in [1.807, 2.05) is 0 Å². The summed E-state index contributed by atoms with van der Waals surface area (Å²) in [6, 6.07) is 7.56. The van der Waals surface area contributed by atoms with Gasteiger partial charge in [-0.15, -0.1) is 0 Å². The minimum absolute atomic E-state index is 0.0316. The van der Waals surface area contributed by atoms with Crippen LogP contribution in [-0.2, 0) is 21.7 Å². The maximum absolute atomic E-state index is 13.1. The first-order valence-electron chi connectivity index (χ1n) is 12.5. The molecule has 0 radical (unpaired) electrons. The second-order valence-electron chi connectivity index (χ2n) is 10.3. The summed E-state index contributed by atoms with van der Waals surface area (Å²) in [5, 5.41) is 13.1. The first kappa shape index (κ1) is 26.8. The number of nitrogens with zero attached hydrogens (tertiary/aromatic N) is 2. The van der Waals surface area contributed by atoms with Gasteiger partial charge in [-0.2, -0.15) is 8.78 Å². The van der Waals surface area contributed by atoms with Gasteiger partial charge in [-0.25, -0.2) is 0 Å². The number of halogens is 2. The smallest absolute Gasteiger partial charge is 0.387 e.